The molecule has 7 nitrogen and oxygen atoms in total. The molecule has 154 valence electrons. The summed E-state index contributed by atoms with van der Waals surface area (Å²) in [7, 11) is 0. The summed E-state index contributed by atoms with van der Waals surface area (Å²) in [6, 6.07) is 2.00. The van der Waals surface area contributed by atoms with E-state index < -0.39 is 6.09 Å². The van der Waals surface area contributed by atoms with E-state index in [0.717, 1.165) is 68.7 Å². The topological polar surface area (TPSA) is 83.9 Å². The second-order valence-corrected chi connectivity index (χ2v) is 8.27. The van der Waals surface area contributed by atoms with Gasteiger partial charge in [0, 0.05) is 31.5 Å². The Balaban J connectivity index is 1.43. The molecular weight excluding hydrogens is 358 g/mol. The van der Waals surface area contributed by atoms with Crippen molar-refractivity contribution >= 4 is 11.9 Å². The lowest BCUT2D eigenvalue weighted by Crippen LogP contribution is -2.38. The number of aryl methyl sites for hydroxylation is 1. The van der Waals surface area contributed by atoms with Crippen LogP contribution in [0.3, 0.4) is 0 Å². The minimum atomic E-state index is -0.455. The number of aliphatic hydroxyl groups is 1. The number of amides is 1. The van der Waals surface area contributed by atoms with Crippen LogP contribution in [0.4, 0.5) is 10.6 Å². The van der Waals surface area contributed by atoms with Gasteiger partial charge in [-0.2, -0.15) is 0 Å². The Morgan fingerprint density at radius 2 is 2.04 bits per heavy atom. The number of rotatable bonds is 5. The summed E-state index contributed by atoms with van der Waals surface area (Å²) in [4.78, 5) is 19.5. The maximum atomic E-state index is 12.4. The van der Waals surface area contributed by atoms with Gasteiger partial charge in [-0.3, -0.25) is 0 Å². The van der Waals surface area contributed by atoms with Gasteiger partial charge in [0.25, 0.3) is 0 Å². The molecule has 1 aromatic heterocycles. The molecule has 2 saturated carbocycles. The summed E-state index contributed by atoms with van der Waals surface area (Å²) in [5, 5.41) is 12.9. The first-order valence-corrected chi connectivity index (χ1v) is 10.6. The van der Waals surface area contributed by atoms with Crippen LogP contribution in [0.15, 0.2) is 6.07 Å². The highest BCUT2D eigenvalue weighted by Gasteiger charge is 2.32. The molecule has 0 aromatic carbocycles. The lowest BCUT2D eigenvalue weighted by molar-refractivity contribution is 0.0698. The van der Waals surface area contributed by atoms with E-state index in [1.54, 1.807) is 0 Å². The zero-order valence-corrected chi connectivity index (χ0v) is 16.7. The van der Waals surface area contributed by atoms with Crippen molar-refractivity contribution in [3.05, 3.63) is 17.3 Å². The van der Waals surface area contributed by atoms with Crippen molar-refractivity contribution in [2.24, 2.45) is 5.92 Å². The summed E-state index contributed by atoms with van der Waals surface area (Å²) in [5.41, 5.74) is 1.83. The molecule has 28 heavy (non-hydrogen) atoms. The Hall–Kier alpha value is -1.86. The molecule has 7 heteroatoms. The summed E-state index contributed by atoms with van der Waals surface area (Å²) in [6.45, 7) is 5.53. The molecule has 3 fully saturated rings. The van der Waals surface area contributed by atoms with Crippen LogP contribution >= 0.6 is 0 Å². The maximum absolute atomic E-state index is 12.4. The van der Waals surface area contributed by atoms with E-state index in [1.165, 1.54) is 0 Å². The van der Waals surface area contributed by atoms with E-state index in [2.05, 4.69) is 10.2 Å². The minimum absolute atomic E-state index is 0.118. The Morgan fingerprint density at radius 1 is 1.29 bits per heavy atom. The van der Waals surface area contributed by atoms with E-state index in [1.807, 2.05) is 13.0 Å². The lowest BCUT2D eigenvalue weighted by Gasteiger charge is -2.29. The van der Waals surface area contributed by atoms with E-state index in [9.17, 15) is 9.90 Å². The third kappa shape index (κ3) is 4.58. The number of pyridine rings is 1. The molecule has 1 aliphatic heterocycles. The monoisotopic (exact) mass is 389 g/mol. The highest BCUT2D eigenvalue weighted by molar-refractivity contribution is 5.71. The van der Waals surface area contributed by atoms with Crippen molar-refractivity contribution in [1.29, 1.82) is 0 Å². The molecule has 3 aliphatic rings. The summed E-state index contributed by atoms with van der Waals surface area (Å²) < 4.78 is 11.1. The molecular formula is C21H31N3O4. The molecule has 2 atom stereocenters. The van der Waals surface area contributed by atoms with Crippen LogP contribution in [0.5, 0.6) is 5.75 Å². The molecule has 0 unspecified atom stereocenters. The molecule has 1 aromatic rings. The third-order valence-corrected chi connectivity index (χ3v) is 6.04. The lowest BCUT2D eigenvalue weighted by atomic mass is 9.86. The molecule has 2 aliphatic carbocycles. The Bertz CT molecular complexity index is 701. The van der Waals surface area contributed by atoms with Crippen LogP contribution in [0, 0.1) is 12.8 Å². The van der Waals surface area contributed by atoms with E-state index >= 15 is 0 Å². The Morgan fingerprint density at radius 3 is 2.75 bits per heavy atom. The fourth-order valence-electron chi connectivity index (χ4n) is 4.16. The van der Waals surface area contributed by atoms with Crippen molar-refractivity contribution < 1.29 is 19.4 Å². The van der Waals surface area contributed by atoms with Gasteiger partial charge < -0.3 is 24.8 Å². The molecule has 1 amide bonds. The van der Waals surface area contributed by atoms with Crippen LogP contribution in [0.2, 0.25) is 0 Å². The Labute approximate surface area is 166 Å². The number of hydrogen-bond donors (Lipinski definition) is 2. The van der Waals surface area contributed by atoms with E-state index in [0.29, 0.717) is 31.4 Å². The molecule has 0 spiro atoms. The number of aromatic nitrogens is 1. The highest BCUT2D eigenvalue weighted by Crippen LogP contribution is 2.45. The van der Waals surface area contributed by atoms with Crippen LogP contribution in [0.1, 0.15) is 55.7 Å². The normalized spacial score (nSPS) is 25.4. The summed E-state index contributed by atoms with van der Waals surface area (Å²) in [5.74, 6) is 2.04. The van der Waals surface area contributed by atoms with Gasteiger partial charge in [-0.15, -0.1) is 0 Å². The molecule has 1 saturated heterocycles. The molecule has 4 rings (SSSR count). The Kier molecular flexibility index (Phi) is 6.01. The number of ether oxygens (including phenoxy) is 2. The minimum Gasteiger partial charge on any atom is -0.408 e. The second kappa shape index (κ2) is 8.66. The first kappa shape index (κ1) is 19.5. The SMILES string of the molecule is Cc1cc(N2CCOCC2)nc(C2CC2)c1OC(=O)NC[C@H]1CCCC[C@@H]1O. The molecule has 2 heterocycles. The average Bonchev–Trinajstić information content (AvgIpc) is 3.54. The quantitative estimate of drug-likeness (QED) is 0.806. The van der Waals surface area contributed by atoms with Gasteiger partial charge in [0.1, 0.15) is 5.82 Å². The third-order valence-electron chi connectivity index (χ3n) is 6.04. The van der Waals surface area contributed by atoms with Gasteiger partial charge in [-0.1, -0.05) is 12.8 Å². The standard InChI is InChI=1S/C21H31N3O4/c1-14-12-18(24-8-10-27-11-9-24)23-19(15-6-7-15)20(14)28-21(26)22-13-16-4-2-3-5-17(16)25/h12,15-17,25H,2-11,13H2,1H3,(H,22,26)/t16-,17+/m1/s1. The maximum Gasteiger partial charge on any atom is 0.412 e. The average molecular weight is 389 g/mol. The predicted octanol–water partition coefficient (Wildman–Crippen LogP) is 2.74. The summed E-state index contributed by atoms with van der Waals surface area (Å²) in [6.07, 6.45) is 5.33. The van der Waals surface area contributed by atoms with Gasteiger partial charge in [0.05, 0.1) is 25.0 Å². The van der Waals surface area contributed by atoms with Crippen LogP contribution < -0.4 is 15.0 Å². The zero-order chi connectivity index (χ0) is 19.5. The first-order chi connectivity index (χ1) is 13.6. The number of morpholine rings is 1. The number of nitrogens with zero attached hydrogens (tertiary/aromatic N) is 2. The van der Waals surface area contributed by atoms with Gasteiger partial charge in [0.2, 0.25) is 0 Å². The van der Waals surface area contributed by atoms with Gasteiger partial charge in [-0.05, 0) is 44.2 Å². The largest absolute Gasteiger partial charge is 0.412 e. The first-order valence-electron chi connectivity index (χ1n) is 10.6. The van der Waals surface area contributed by atoms with Crippen molar-refractivity contribution in [2.75, 3.05) is 37.7 Å². The van der Waals surface area contributed by atoms with Gasteiger partial charge in [0.15, 0.2) is 5.75 Å². The number of carbonyl (C=O) groups excluding carboxylic acids is 1. The summed E-state index contributed by atoms with van der Waals surface area (Å²) >= 11 is 0. The fraction of sp³-hybridized carbons (Fsp3) is 0.714. The van der Waals surface area contributed by atoms with Crippen LogP contribution in [-0.4, -0.2) is 55.1 Å². The van der Waals surface area contributed by atoms with Crippen molar-refractivity contribution in [1.82, 2.24) is 10.3 Å². The van der Waals surface area contributed by atoms with Crippen LogP contribution in [0.25, 0.3) is 0 Å². The smallest absolute Gasteiger partial charge is 0.408 e. The molecule has 2 N–H and O–H groups in total. The zero-order valence-electron chi connectivity index (χ0n) is 16.7. The van der Waals surface area contributed by atoms with E-state index in [-0.39, 0.29) is 12.0 Å². The predicted molar refractivity (Wildman–Crippen MR) is 106 cm³/mol. The molecule has 0 radical (unpaired) electrons. The van der Waals surface area contributed by atoms with Crippen LogP contribution in [-0.2, 0) is 4.74 Å². The van der Waals surface area contributed by atoms with Crippen molar-refractivity contribution in [3.63, 3.8) is 0 Å². The van der Waals surface area contributed by atoms with Crippen molar-refractivity contribution in [2.45, 2.75) is 57.5 Å². The number of anilines is 1. The number of hydrogen-bond acceptors (Lipinski definition) is 6. The highest BCUT2D eigenvalue weighted by atomic mass is 16.6. The van der Waals surface area contributed by atoms with E-state index in [4.69, 9.17) is 14.5 Å². The molecule has 0 bridgehead atoms. The number of nitrogens with one attached hydrogen (secondary N) is 1. The van der Waals surface area contributed by atoms with Gasteiger partial charge >= 0.3 is 6.09 Å². The number of carbonyl (C=O) groups is 1. The van der Waals surface area contributed by atoms with Crippen molar-refractivity contribution in [3.8, 4) is 5.75 Å². The second-order valence-electron chi connectivity index (χ2n) is 8.27. The van der Waals surface area contributed by atoms with Gasteiger partial charge in [-0.25, -0.2) is 9.78 Å². The number of aliphatic hydroxyl groups excluding tert-OH is 1. The fourth-order valence-corrected chi connectivity index (χ4v) is 4.16.